The summed E-state index contributed by atoms with van der Waals surface area (Å²) in [5.41, 5.74) is -0.673. The number of carboxylic acid groups (broad SMARTS) is 1. The lowest BCUT2D eigenvalue weighted by atomic mass is 9.98. The van der Waals surface area contributed by atoms with Gasteiger partial charge in [0.25, 0.3) is 0 Å². The van der Waals surface area contributed by atoms with Crippen molar-refractivity contribution in [3.63, 3.8) is 0 Å². The van der Waals surface area contributed by atoms with Crippen LogP contribution in [0.1, 0.15) is 41.0 Å². The van der Waals surface area contributed by atoms with E-state index in [9.17, 15) is 36.2 Å². The number of aromatic nitrogens is 1. The summed E-state index contributed by atoms with van der Waals surface area (Å²) in [6.07, 6.45) is -9.56. The summed E-state index contributed by atoms with van der Waals surface area (Å²) in [6, 6.07) is 14.2. The number of alkyl halides is 6. The molecule has 1 unspecified atom stereocenters. The fourth-order valence-corrected chi connectivity index (χ4v) is 5.90. The normalized spacial score (nSPS) is 15.0. The SMILES string of the molecule is O=C(O)CC1CNc2ccc(OCCCN(Cc3ccc(C(F)(F)F)cc3C(F)(F)F)c3nc4ccccc4s3)cc21. The van der Waals surface area contributed by atoms with E-state index in [2.05, 4.69) is 10.3 Å². The van der Waals surface area contributed by atoms with Crippen LogP contribution >= 0.6 is 11.3 Å². The fourth-order valence-electron chi connectivity index (χ4n) is 4.91. The number of ether oxygens (including phenoxy) is 1. The third kappa shape index (κ3) is 6.72. The third-order valence-corrected chi connectivity index (χ3v) is 8.02. The van der Waals surface area contributed by atoms with Crippen molar-refractivity contribution < 1.29 is 41.0 Å². The average molecular weight is 610 g/mol. The molecule has 222 valence electrons. The van der Waals surface area contributed by atoms with Crippen molar-refractivity contribution in [1.82, 2.24) is 4.98 Å². The molecule has 6 nitrogen and oxygen atoms in total. The zero-order chi connectivity index (χ0) is 30.1. The van der Waals surface area contributed by atoms with Gasteiger partial charge in [-0.25, -0.2) is 4.98 Å². The van der Waals surface area contributed by atoms with Crippen molar-refractivity contribution in [1.29, 1.82) is 0 Å². The molecule has 1 aliphatic heterocycles. The van der Waals surface area contributed by atoms with Crippen LogP contribution in [0.5, 0.6) is 5.75 Å². The van der Waals surface area contributed by atoms with Crippen LogP contribution in [-0.2, 0) is 23.7 Å². The molecule has 4 aromatic rings. The third-order valence-electron chi connectivity index (χ3n) is 6.92. The van der Waals surface area contributed by atoms with Gasteiger partial charge in [-0.2, -0.15) is 26.3 Å². The van der Waals surface area contributed by atoms with Gasteiger partial charge in [-0.15, -0.1) is 0 Å². The number of halogens is 6. The summed E-state index contributed by atoms with van der Waals surface area (Å²) in [4.78, 5) is 17.4. The van der Waals surface area contributed by atoms with E-state index in [1.807, 2.05) is 18.2 Å². The molecule has 0 bridgehead atoms. The number of anilines is 2. The van der Waals surface area contributed by atoms with E-state index in [1.54, 1.807) is 29.2 Å². The first-order chi connectivity index (χ1) is 19.9. The molecule has 2 N–H and O–H groups in total. The number of nitrogens with one attached hydrogen (secondary N) is 1. The molecule has 0 amide bonds. The summed E-state index contributed by atoms with van der Waals surface area (Å²) in [5.74, 6) is -0.568. The number of nitrogens with zero attached hydrogens (tertiary/aromatic N) is 2. The number of thiazole rings is 1. The predicted octanol–water partition coefficient (Wildman–Crippen LogP) is 7.79. The van der Waals surface area contributed by atoms with E-state index in [0.717, 1.165) is 22.0 Å². The minimum absolute atomic E-state index is 0.0234. The van der Waals surface area contributed by atoms with Crippen LogP contribution in [0.25, 0.3) is 10.2 Å². The molecule has 0 radical (unpaired) electrons. The molecule has 42 heavy (non-hydrogen) atoms. The van der Waals surface area contributed by atoms with Crippen molar-refractivity contribution in [2.24, 2.45) is 0 Å². The number of hydrogen-bond donors (Lipinski definition) is 2. The van der Waals surface area contributed by atoms with Crippen molar-refractivity contribution in [2.75, 3.05) is 29.9 Å². The lowest BCUT2D eigenvalue weighted by Crippen LogP contribution is -2.27. The number of aliphatic carboxylic acids is 1. The summed E-state index contributed by atoms with van der Waals surface area (Å²) in [5, 5.41) is 12.8. The molecule has 1 atom stereocenters. The molecule has 0 saturated carbocycles. The highest BCUT2D eigenvalue weighted by molar-refractivity contribution is 7.22. The van der Waals surface area contributed by atoms with Crippen molar-refractivity contribution in [3.8, 4) is 5.75 Å². The Morgan fingerprint density at radius 1 is 1.05 bits per heavy atom. The lowest BCUT2D eigenvalue weighted by Gasteiger charge is -2.24. The minimum Gasteiger partial charge on any atom is -0.494 e. The van der Waals surface area contributed by atoms with Gasteiger partial charge in [0.2, 0.25) is 0 Å². The van der Waals surface area contributed by atoms with Crippen LogP contribution in [0.2, 0.25) is 0 Å². The Balaban J connectivity index is 1.34. The average Bonchev–Trinajstić information content (AvgIpc) is 3.53. The topological polar surface area (TPSA) is 74.7 Å². The van der Waals surface area contributed by atoms with Crippen LogP contribution in [-0.4, -0.2) is 35.8 Å². The molecule has 0 saturated heterocycles. The standard InChI is InChI=1S/C29H25F6N3O3S/c30-28(31,32)19-7-6-17(22(13-19)29(33,34)35)16-38(27-37-24-4-1-2-5-25(24)42-27)10-3-11-41-20-8-9-23-21(14-20)18(15-36-23)12-26(39)40/h1-2,4-9,13-14,18,36H,3,10-12,15-16H2,(H,39,40). The van der Waals surface area contributed by atoms with E-state index >= 15 is 0 Å². The molecule has 0 fully saturated rings. The second-order valence-electron chi connectivity index (χ2n) is 9.88. The highest BCUT2D eigenvalue weighted by atomic mass is 32.1. The van der Waals surface area contributed by atoms with Crippen LogP contribution < -0.4 is 15.0 Å². The number of carbonyl (C=O) groups is 1. The van der Waals surface area contributed by atoms with Gasteiger partial charge in [-0.05, 0) is 60.0 Å². The quantitative estimate of drug-likeness (QED) is 0.141. The van der Waals surface area contributed by atoms with Crippen LogP contribution in [0.3, 0.4) is 0 Å². The summed E-state index contributed by atoms with van der Waals surface area (Å²) in [7, 11) is 0. The maximum absolute atomic E-state index is 13.9. The van der Waals surface area contributed by atoms with Gasteiger partial charge in [0.05, 0.1) is 34.4 Å². The summed E-state index contributed by atoms with van der Waals surface area (Å²) < 4.78 is 87.9. The Kier molecular flexibility index (Phi) is 8.22. The van der Waals surface area contributed by atoms with Crippen LogP contribution in [0, 0.1) is 0 Å². The first kappa shape index (κ1) is 29.5. The van der Waals surface area contributed by atoms with Crippen molar-refractivity contribution in [3.05, 3.63) is 82.9 Å². The Bertz CT molecular complexity index is 1550. The Hall–Kier alpha value is -4.00. The molecule has 0 aliphatic carbocycles. The van der Waals surface area contributed by atoms with Gasteiger partial charge in [0.1, 0.15) is 5.75 Å². The monoisotopic (exact) mass is 609 g/mol. The van der Waals surface area contributed by atoms with Crippen LogP contribution in [0.15, 0.2) is 60.7 Å². The van der Waals surface area contributed by atoms with E-state index in [4.69, 9.17) is 4.74 Å². The largest absolute Gasteiger partial charge is 0.494 e. The molecular weight excluding hydrogens is 584 g/mol. The molecule has 13 heteroatoms. The van der Waals surface area contributed by atoms with Gasteiger partial charge >= 0.3 is 18.3 Å². The predicted molar refractivity (Wildman–Crippen MR) is 147 cm³/mol. The maximum Gasteiger partial charge on any atom is 0.416 e. The number of carboxylic acids is 1. The Morgan fingerprint density at radius 3 is 2.55 bits per heavy atom. The minimum atomic E-state index is -4.99. The van der Waals surface area contributed by atoms with Crippen LogP contribution in [0.4, 0.5) is 37.2 Å². The highest BCUT2D eigenvalue weighted by Crippen LogP contribution is 2.39. The first-order valence-corrected chi connectivity index (χ1v) is 13.8. The number of rotatable bonds is 10. The van der Waals surface area contributed by atoms with Gasteiger partial charge in [0, 0.05) is 31.2 Å². The zero-order valence-electron chi connectivity index (χ0n) is 21.9. The lowest BCUT2D eigenvalue weighted by molar-refractivity contribution is -0.143. The van der Waals surface area contributed by atoms with E-state index in [-0.39, 0.29) is 43.7 Å². The Morgan fingerprint density at radius 2 is 1.83 bits per heavy atom. The van der Waals surface area contributed by atoms with Gasteiger partial charge < -0.3 is 20.1 Å². The van der Waals surface area contributed by atoms with E-state index in [0.29, 0.717) is 35.4 Å². The summed E-state index contributed by atoms with van der Waals surface area (Å²) >= 11 is 1.28. The van der Waals surface area contributed by atoms with Gasteiger partial charge in [-0.1, -0.05) is 29.5 Å². The zero-order valence-corrected chi connectivity index (χ0v) is 22.7. The molecule has 0 spiro atoms. The number of fused-ring (bicyclic) bond motifs is 2. The summed E-state index contributed by atoms with van der Waals surface area (Å²) in [6.45, 7) is 0.600. The van der Waals surface area contributed by atoms with Gasteiger partial charge in [-0.3, -0.25) is 4.79 Å². The second kappa shape index (κ2) is 11.7. The smallest absolute Gasteiger partial charge is 0.416 e. The maximum atomic E-state index is 13.9. The molecule has 2 heterocycles. The second-order valence-corrected chi connectivity index (χ2v) is 10.9. The first-order valence-electron chi connectivity index (χ1n) is 13.0. The number of para-hydroxylation sites is 1. The molecule has 1 aliphatic rings. The van der Waals surface area contributed by atoms with Crippen molar-refractivity contribution in [2.45, 2.75) is 37.7 Å². The van der Waals surface area contributed by atoms with E-state index in [1.165, 1.54) is 11.3 Å². The number of benzene rings is 3. The van der Waals surface area contributed by atoms with E-state index < -0.39 is 29.4 Å². The molecule has 3 aromatic carbocycles. The molecular formula is C29H25F6N3O3S. The fraction of sp³-hybridized carbons (Fsp3) is 0.310. The van der Waals surface area contributed by atoms with Gasteiger partial charge in [0.15, 0.2) is 5.13 Å². The Labute approximate surface area is 240 Å². The molecule has 1 aromatic heterocycles. The number of hydrogen-bond acceptors (Lipinski definition) is 6. The highest BCUT2D eigenvalue weighted by Gasteiger charge is 2.38. The van der Waals surface area contributed by atoms with Crippen molar-refractivity contribution >= 4 is 38.3 Å². The molecule has 5 rings (SSSR count).